The Hall–Kier alpha value is -2.24. The van der Waals surface area contributed by atoms with E-state index in [1.54, 1.807) is 12.1 Å². The van der Waals surface area contributed by atoms with Gasteiger partial charge >= 0.3 is 0 Å². The molecule has 3 aromatic rings. The number of carbonyl (C=O) groups is 1. The molecule has 0 saturated carbocycles. The smallest absolute Gasteiger partial charge is 0.265 e. The van der Waals surface area contributed by atoms with E-state index in [1.165, 1.54) is 5.56 Å². The Labute approximate surface area is 156 Å². The molecule has 2 aromatic carbocycles. The average Bonchev–Trinajstić information content (AvgIpc) is 3.11. The van der Waals surface area contributed by atoms with Crippen LogP contribution in [0.5, 0.6) is 0 Å². The van der Waals surface area contributed by atoms with Crippen LogP contribution in [0.3, 0.4) is 0 Å². The Bertz CT molecular complexity index is 833. The molecule has 1 amide bonds. The monoisotopic (exact) mass is 371 g/mol. The summed E-state index contributed by atoms with van der Waals surface area (Å²) in [6, 6.07) is 17.6. The lowest BCUT2D eigenvalue weighted by Gasteiger charge is -2.13. The van der Waals surface area contributed by atoms with Crippen molar-refractivity contribution in [3.05, 3.63) is 70.1 Å². The van der Waals surface area contributed by atoms with Crippen LogP contribution < -0.4 is 5.32 Å². The van der Waals surface area contributed by atoms with Crippen LogP contribution in [-0.4, -0.2) is 21.5 Å². The fraction of sp³-hybridized carbons (Fsp3) is 0.211. The highest BCUT2D eigenvalue weighted by Gasteiger charge is 2.19. The van der Waals surface area contributed by atoms with Gasteiger partial charge in [-0.2, -0.15) is 0 Å². The van der Waals surface area contributed by atoms with Gasteiger partial charge < -0.3 is 5.32 Å². The first-order valence-corrected chi connectivity index (χ1v) is 9.21. The van der Waals surface area contributed by atoms with E-state index in [4.69, 9.17) is 11.6 Å². The third kappa shape index (κ3) is 4.65. The fourth-order valence-corrected chi connectivity index (χ4v) is 3.24. The summed E-state index contributed by atoms with van der Waals surface area (Å²) in [6.07, 6.45) is 1.80. The number of amides is 1. The van der Waals surface area contributed by atoms with Gasteiger partial charge in [0.25, 0.3) is 5.91 Å². The van der Waals surface area contributed by atoms with E-state index in [9.17, 15) is 4.79 Å². The molecule has 0 spiro atoms. The lowest BCUT2D eigenvalue weighted by molar-refractivity contribution is 0.0943. The Balaban J connectivity index is 1.63. The summed E-state index contributed by atoms with van der Waals surface area (Å²) in [6.45, 7) is 2.01. The summed E-state index contributed by atoms with van der Waals surface area (Å²) in [5, 5.41) is 7.79. The Morgan fingerprint density at radius 1 is 1.16 bits per heavy atom. The van der Waals surface area contributed by atoms with Crippen LogP contribution in [0.1, 0.15) is 28.6 Å². The molecule has 0 fully saturated rings. The summed E-state index contributed by atoms with van der Waals surface area (Å²) >= 11 is 7.02. The highest BCUT2D eigenvalue weighted by atomic mass is 35.5. The van der Waals surface area contributed by atoms with Crippen LogP contribution in [0, 0.1) is 0 Å². The number of rotatable bonds is 6. The summed E-state index contributed by atoms with van der Waals surface area (Å²) in [5.41, 5.74) is 2.69. The zero-order valence-electron chi connectivity index (χ0n) is 13.8. The van der Waals surface area contributed by atoms with Crippen molar-refractivity contribution in [2.24, 2.45) is 0 Å². The highest BCUT2D eigenvalue weighted by molar-refractivity contribution is 7.08. The molecule has 0 bridgehead atoms. The topological polar surface area (TPSA) is 54.9 Å². The third-order valence-corrected chi connectivity index (χ3v) is 4.87. The number of benzene rings is 2. The molecule has 0 aliphatic rings. The van der Waals surface area contributed by atoms with Crippen LogP contribution in [0.25, 0.3) is 11.3 Å². The first kappa shape index (κ1) is 17.6. The van der Waals surface area contributed by atoms with Gasteiger partial charge in [-0.15, -0.1) is 5.10 Å². The first-order chi connectivity index (χ1) is 12.1. The maximum Gasteiger partial charge on any atom is 0.265 e. The van der Waals surface area contributed by atoms with Crippen LogP contribution in [0.4, 0.5) is 0 Å². The SMILES string of the molecule is CC(CCc1ccccc1)NC(=O)c1snnc1-c1ccc(Cl)cc1. The fourth-order valence-electron chi connectivity index (χ4n) is 2.53. The minimum Gasteiger partial charge on any atom is -0.349 e. The molecule has 1 aromatic heterocycles. The molecular formula is C19H18ClN3OS. The van der Waals surface area contributed by atoms with E-state index in [0.29, 0.717) is 15.6 Å². The Kier molecular flexibility index (Phi) is 5.79. The van der Waals surface area contributed by atoms with Crippen molar-refractivity contribution in [1.82, 2.24) is 14.9 Å². The first-order valence-electron chi connectivity index (χ1n) is 8.06. The summed E-state index contributed by atoms with van der Waals surface area (Å²) in [5.74, 6) is -0.138. The second-order valence-corrected chi connectivity index (χ2v) is 7.05. The van der Waals surface area contributed by atoms with E-state index in [1.807, 2.05) is 37.3 Å². The van der Waals surface area contributed by atoms with Crippen LogP contribution >= 0.6 is 23.1 Å². The largest absolute Gasteiger partial charge is 0.349 e. The van der Waals surface area contributed by atoms with Gasteiger partial charge in [0.15, 0.2) is 0 Å². The molecule has 1 atom stereocenters. The van der Waals surface area contributed by atoms with Gasteiger partial charge in [0.1, 0.15) is 10.6 Å². The van der Waals surface area contributed by atoms with E-state index in [2.05, 4.69) is 27.0 Å². The molecule has 3 rings (SSSR count). The number of nitrogens with zero attached hydrogens (tertiary/aromatic N) is 2. The summed E-state index contributed by atoms with van der Waals surface area (Å²) < 4.78 is 3.94. The molecule has 0 radical (unpaired) electrons. The standard InChI is InChI=1S/C19H18ClN3OS/c1-13(7-8-14-5-3-2-4-6-14)21-19(24)18-17(22-23-25-18)15-9-11-16(20)12-10-15/h2-6,9-13H,7-8H2,1H3,(H,21,24). The predicted molar refractivity (Wildman–Crippen MR) is 102 cm³/mol. The van der Waals surface area contributed by atoms with Gasteiger partial charge in [0.2, 0.25) is 0 Å². The number of halogens is 1. The lowest BCUT2D eigenvalue weighted by atomic mass is 10.1. The molecule has 1 heterocycles. The van der Waals surface area contributed by atoms with Gasteiger partial charge in [-0.05, 0) is 49.0 Å². The quantitative estimate of drug-likeness (QED) is 0.688. The zero-order valence-corrected chi connectivity index (χ0v) is 15.3. The van der Waals surface area contributed by atoms with Crippen molar-refractivity contribution in [2.75, 3.05) is 0 Å². The Morgan fingerprint density at radius 2 is 1.88 bits per heavy atom. The number of aromatic nitrogens is 2. The second kappa shape index (κ2) is 8.23. The summed E-state index contributed by atoms with van der Waals surface area (Å²) in [4.78, 5) is 13.1. The number of hydrogen-bond acceptors (Lipinski definition) is 4. The summed E-state index contributed by atoms with van der Waals surface area (Å²) in [7, 11) is 0. The van der Waals surface area contributed by atoms with Gasteiger partial charge in [0, 0.05) is 16.6 Å². The Morgan fingerprint density at radius 3 is 2.60 bits per heavy atom. The van der Waals surface area contributed by atoms with Crippen LogP contribution in [-0.2, 0) is 6.42 Å². The molecule has 6 heteroatoms. The minimum atomic E-state index is -0.138. The van der Waals surface area contributed by atoms with Crippen LogP contribution in [0.15, 0.2) is 54.6 Å². The molecule has 128 valence electrons. The third-order valence-electron chi connectivity index (χ3n) is 3.90. The number of hydrogen-bond donors (Lipinski definition) is 1. The normalized spacial score (nSPS) is 11.9. The van der Waals surface area contributed by atoms with Crippen molar-refractivity contribution in [3.8, 4) is 11.3 Å². The van der Waals surface area contributed by atoms with E-state index >= 15 is 0 Å². The lowest BCUT2D eigenvalue weighted by Crippen LogP contribution is -2.32. The number of carbonyl (C=O) groups excluding carboxylic acids is 1. The van der Waals surface area contributed by atoms with Crippen LogP contribution in [0.2, 0.25) is 5.02 Å². The van der Waals surface area contributed by atoms with Crippen molar-refractivity contribution in [1.29, 1.82) is 0 Å². The minimum absolute atomic E-state index is 0.0628. The molecule has 0 aliphatic heterocycles. The zero-order chi connectivity index (χ0) is 17.6. The van der Waals surface area contributed by atoms with Gasteiger partial charge in [-0.1, -0.05) is 58.6 Å². The predicted octanol–water partition coefficient (Wildman–Crippen LogP) is 4.61. The second-order valence-electron chi connectivity index (χ2n) is 5.86. The van der Waals surface area contributed by atoms with Crippen molar-refractivity contribution >= 4 is 29.0 Å². The van der Waals surface area contributed by atoms with E-state index in [-0.39, 0.29) is 11.9 Å². The van der Waals surface area contributed by atoms with Crippen molar-refractivity contribution in [3.63, 3.8) is 0 Å². The highest BCUT2D eigenvalue weighted by Crippen LogP contribution is 2.25. The molecular weight excluding hydrogens is 354 g/mol. The molecule has 0 aliphatic carbocycles. The maximum absolute atomic E-state index is 12.6. The molecule has 1 unspecified atom stereocenters. The average molecular weight is 372 g/mol. The molecule has 25 heavy (non-hydrogen) atoms. The van der Waals surface area contributed by atoms with Crippen molar-refractivity contribution in [2.45, 2.75) is 25.8 Å². The molecule has 4 nitrogen and oxygen atoms in total. The maximum atomic E-state index is 12.6. The number of aryl methyl sites for hydroxylation is 1. The van der Waals surface area contributed by atoms with Gasteiger partial charge in [-0.25, -0.2) is 0 Å². The van der Waals surface area contributed by atoms with E-state index < -0.39 is 0 Å². The molecule has 0 saturated heterocycles. The van der Waals surface area contributed by atoms with Gasteiger partial charge in [0.05, 0.1) is 0 Å². The molecule has 1 N–H and O–H groups in total. The van der Waals surface area contributed by atoms with E-state index in [0.717, 1.165) is 29.9 Å². The van der Waals surface area contributed by atoms with Gasteiger partial charge in [-0.3, -0.25) is 4.79 Å². The number of nitrogens with one attached hydrogen (secondary N) is 1. The van der Waals surface area contributed by atoms with Crippen molar-refractivity contribution < 1.29 is 4.79 Å².